The van der Waals surface area contributed by atoms with E-state index in [9.17, 15) is 34.2 Å². The number of nitrogens with one attached hydrogen (secondary N) is 3. The highest BCUT2D eigenvalue weighted by atomic mass is 16.4. The van der Waals surface area contributed by atoms with Crippen LogP contribution in [0.1, 0.15) is 90.4 Å². The van der Waals surface area contributed by atoms with Crippen molar-refractivity contribution in [1.29, 1.82) is 0 Å². The van der Waals surface area contributed by atoms with Crippen LogP contribution in [0.25, 0.3) is 0 Å². The van der Waals surface area contributed by atoms with Crippen molar-refractivity contribution >= 4 is 29.7 Å². The molecule has 41 heavy (non-hydrogen) atoms. The number of hydrogen-bond donors (Lipinski definition) is 5. The molecule has 2 atom stereocenters. The van der Waals surface area contributed by atoms with Gasteiger partial charge < -0.3 is 31.1 Å². The normalized spacial score (nSPS) is 28.5. The third kappa shape index (κ3) is 8.66. The zero-order chi connectivity index (χ0) is 29.6. The summed E-state index contributed by atoms with van der Waals surface area (Å²) in [6.45, 7) is 3.78. The van der Waals surface area contributed by atoms with Gasteiger partial charge in [-0.1, -0.05) is 0 Å². The number of hydrogen-bond acceptors (Lipinski definition) is 6. The van der Waals surface area contributed by atoms with Crippen LogP contribution in [0.3, 0.4) is 0 Å². The first-order valence-corrected chi connectivity index (χ1v) is 15.6. The summed E-state index contributed by atoms with van der Waals surface area (Å²) in [4.78, 5) is 63.9. The van der Waals surface area contributed by atoms with Crippen molar-refractivity contribution in [2.24, 2.45) is 29.1 Å². The van der Waals surface area contributed by atoms with Crippen LogP contribution in [-0.2, 0) is 24.0 Å². The SMILES string of the molecule is CCN(CC(=O)NC(CC(=O)O)C(=O)NC(CC12CC3CC(CC(C3)C1)C2)C(=O)O)C(=O)CCCC1CCNCC1. The quantitative estimate of drug-likeness (QED) is 0.198. The summed E-state index contributed by atoms with van der Waals surface area (Å²) in [5.41, 5.74) is -0.105. The summed E-state index contributed by atoms with van der Waals surface area (Å²) in [6.07, 6.45) is 10.5. The topological polar surface area (TPSA) is 165 Å². The van der Waals surface area contributed by atoms with Crippen LogP contribution in [0.4, 0.5) is 0 Å². The molecule has 1 saturated heterocycles. The molecular weight excluding hydrogens is 528 g/mol. The van der Waals surface area contributed by atoms with E-state index in [1.54, 1.807) is 6.92 Å². The minimum atomic E-state index is -1.44. The van der Waals surface area contributed by atoms with E-state index < -0.39 is 42.3 Å². The second-order valence-corrected chi connectivity index (χ2v) is 13.2. The molecule has 5 aliphatic rings. The van der Waals surface area contributed by atoms with Crippen molar-refractivity contribution in [3.05, 3.63) is 0 Å². The van der Waals surface area contributed by atoms with Gasteiger partial charge in [-0.2, -0.15) is 0 Å². The Bertz CT molecular complexity index is 945. The first kappa shape index (κ1) is 31.3. The fourth-order valence-corrected chi connectivity index (χ4v) is 8.49. The molecule has 4 aliphatic carbocycles. The third-order valence-corrected chi connectivity index (χ3v) is 9.98. The van der Waals surface area contributed by atoms with E-state index in [-0.39, 0.29) is 17.9 Å². The minimum absolute atomic E-state index is 0.105. The number of piperidine rings is 1. The molecule has 5 N–H and O–H groups in total. The maximum Gasteiger partial charge on any atom is 0.326 e. The zero-order valence-corrected chi connectivity index (χ0v) is 24.4. The summed E-state index contributed by atoms with van der Waals surface area (Å²) in [6, 6.07) is -2.59. The average molecular weight is 577 g/mol. The number of amides is 3. The second kappa shape index (κ2) is 14.0. The van der Waals surface area contributed by atoms with Crippen LogP contribution in [0.5, 0.6) is 0 Å². The van der Waals surface area contributed by atoms with Gasteiger partial charge in [0, 0.05) is 13.0 Å². The lowest BCUT2D eigenvalue weighted by Gasteiger charge is -2.57. The van der Waals surface area contributed by atoms with Crippen molar-refractivity contribution < 1.29 is 34.2 Å². The first-order chi connectivity index (χ1) is 19.6. The van der Waals surface area contributed by atoms with Gasteiger partial charge in [-0.15, -0.1) is 0 Å². The van der Waals surface area contributed by atoms with Gasteiger partial charge >= 0.3 is 11.9 Å². The fraction of sp³-hybridized carbons (Fsp3) is 0.833. The van der Waals surface area contributed by atoms with E-state index >= 15 is 0 Å². The summed E-state index contributed by atoms with van der Waals surface area (Å²) < 4.78 is 0. The van der Waals surface area contributed by atoms with Crippen molar-refractivity contribution in [3.8, 4) is 0 Å². The van der Waals surface area contributed by atoms with Gasteiger partial charge in [0.25, 0.3) is 0 Å². The molecule has 11 heteroatoms. The molecule has 1 aliphatic heterocycles. The Labute approximate surface area is 242 Å². The second-order valence-electron chi connectivity index (χ2n) is 13.2. The molecule has 5 fully saturated rings. The Morgan fingerprint density at radius 1 is 0.927 bits per heavy atom. The summed E-state index contributed by atoms with van der Waals surface area (Å²) in [5, 5.41) is 27.7. The number of nitrogens with zero attached hydrogens (tertiary/aromatic N) is 1. The number of carbonyl (C=O) groups excluding carboxylic acids is 3. The molecular formula is C30H48N4O7. The van der Waals surface area contributed by atoms with E-state index in [0.717, 1.165) is 58.0 Å². The van der Waals surface area contributed by atoms with Crippen LogP contribution in [-0.4, -0.2) is 83.0 Å². The number of carbonyl (C=O) groups is 5. The number of likely N-dealkylation sites (N-methyl/N-ethyl adjacent to an activating group) is 1. The predicted octanol–water partition coefficient (Wildman–Crippen LogP) is 2.14. The molecule has 2 unspecified atom stereocenters. The maximum atomic E-state index is 13.2. The van der Waals surface area contributed by atoms with Gasteiger partial charge in [0.15, 0.2) is 0 Å². The van der Waals surface area contributed by atoms with Crippen molar-refractivity contribution in [2.75, 3.05) is 26.2 Å². The molecule has 3 amide bonds. The van der Waals surface area contributed by atoms with E-state index in [2.05, 4.69) is 16.0 Å². The Kier molecular flexibility index (Phi) is 10.7. The van der Waals surface area contributed by atoms with Crippen LogP contribution >= 0.6 is 0 Å². The summed E-state index contributed by atoms with van der Waals surface area (Å²) >= 11 is 0. The van der Waals surface area contributed by atoms with Crippen molar-refractivity contribution in [1.82, 2.24) is 20.9 Å². The van der Waals surface area contributed by atoms with Crippen LogP contribution < -0.4 is 16.0 Å². The highest BCUT2D eigenvalue weighted by Gasteiger charge is 2.52. The van der Waals surface area contributed by atoms with Gasteiger partial charge in [0.05, 0.1) is 13.0 Å². The Hall–Kier alpha value is -2.69. The molecule has 1 heterocycles. The standard InChI is InChI=1S/C30H48N4O7/c1-2-34(26(36)5-3-4-19-6-8-31-9-7-19)18-25(35)32-23(13-27(37)38)28(39)33-24(29(40)41)17-30-14-20-10-21(15-30)12-22(11-20)16-30/h19-24,31H,2-18H2,1H3,(H,32,35)(H,33,39)(H,37,38)(H,40,41). The lowest BCUT2D eigenvalue weighted by molar-refractivity contribution is -0.146. The largest absolute Gasteiger partial charge is 0.481 e. The molecule has 4 bridgehead atoms. The Morgan fingerprint density at radius 3 is 2.07 bits per heavy atom. The van der Waals surface area contributed by atoms with Gasteiger partial charge in [0.2, 0.25) is 17.7 Å². The monoisotopic (exact) mass is 576 g/mol. The zero-order valence-electron chi connectivity index (χ0n) is 24.4. The lowest BCUT2D eigenvalue weighted by Crippen LogP contribution is -2.56. The highest BCUT2D eigenvalue weighted by Crippen LogP contribution is 2.61. The van der Waals surface area contributed by atoms with Gasteiger partial charge in [-0.3, -0.25) is 19.2 Å². The van der Waals surface area contributed by atoms with Crippen LogP contribution in [0.2, 0.25) is 0 Å². The molecule has 0 spiro atoms. The molecule has 11 nitrogen and oxygen atoms in total. The summed E-state index contributed by atoms with van der Waals surface area (Å²) in [5.74, 6) is -1.59. The molecule has 0 aromatic heterocycles. The van der Waals surface area contributed by atoms with Crippen LogP contribution in [0.15, 0.2) is 0 Å². The average Bonchev–Trinajstić information content (AvgIpc) is 2.90. The molecule has 4 saturated carbocycles. The van der Waals surface area contributed by atoms with Gasteiger partial charge in [-0.05, 0) is 120 Å². The van der Waals surface area contributed by atoms with E-state index in [4.69, 9.17) is 0 Å². The molecule has 230 valence electrons. The molecule has 0 radical (unpaired) electrons. The van der Waals surface area contributed by atoms with Crippen molar-refractivity contribution in [2.45, 2.75) is 102 Å². The van der Waals surface area contributed by atoms with Crippen molar-refractivity contribution in [3.63, 3.8) is 0 Å². The van der Waals surface area contributed by atoms with Gasteiger partial charge in [-0.25, -0.2) is 4.79 Å². The lowest BCUT2D eigenvalue weighted by atomic mass is 9.48. The summed E-state index contributed by atoms with van der Waals surface area (Å²) in [7, 11) is 0. The minimum Gasteiger partial charge on any atom is -0.481 e. The smallest absolute Gasteiger partial charge is 0.326 e. The van der Waals surface area contributed by atoms with E-state index in [1.807, 2.05) is 0 Å². The Morgan fingerprint density at radius 2 is 1.54 bits per heavy atom. The predicted molar refractivity (Wildman–Crippen MR) is 151 cm³/mol. The molecule has 5 rings (SSSR count). The number of carboxylic acids is 2. The third-order valence-electron chi connectivity index (χ3n) is 9.98. The highest BCUT2D eigenvalue weighted by molar-refractivity contribution is 5.94. The number of rotatable bonds is 15. The number of aliphatic carboxylic acids is 2. The number of carboxylic acid groups (broad SMARTS) is 2. The first-order valence-electron chi connectivity index (χ1n) is 15.6. The Balaban J connectivity index is 1.30. The van der Waals surface area contributed by atoms with Crippen LogP contribution in [0, 0.1) is 29.1 Å². The molecule has 0 aromatic carbocycles. The fourth-order valence-electron chi connectivity index (χ4n) is 8.49. The van der Waals surface area contributed by atoms with Gasteiger partial charge in [0.1, 0.15) is 12.1 Å². The van der Waals surface area contributed by atoms with E-state index in [0.29, 0.717) is 43.1 Å². The maximum absolute atomic E-state index is 13.2. The molecule has 0 aromatic rings. The van der Waals surface area contributed by atoms with E-state index in [1.165, 1.54) is 24.2 Å².